The molecule has 0 saturated heterocycles. The van der Waals surface area contributed by atoms with Crippen LogP contribution in [0.3, 0.4) is 0 Å². The maximum Gasteiger partial charge on any atom is 0.240 e. The van der Waals surface area contributed by atoms with Crippen LogP contribution in [-0.2, 0) is 9.53 Å². The van der Waals surface area contributed by atoms with Gasteiger partial charge in [0.05, 0.1) is 6.07 Å². The summed E-state index contributed by atoms with van der Waals surface area (Å²) < 4.78 is 4.83. The molecule has 1 saturated carbocycles. The molecule has 0 radical (unpaired) electrons. The fourth-order valence-electron chi connectivity index (χ4n) is 1.10. The molecule has 0 aromatic rings. The minimum atomic E-state index is -0.687. The molecule has 1 N–H and O–H groups in total. The van der Waals surface area contributed by atoms with E-state index in [1.807, 2.05) is 6.07 Å². The smallest absolute Gasteiger partial charge is 0.240 e. The highest BCUT2D eigenvalue weighted by molar-refractivity contribution is 5.88. The molecular formula is C9H14N2O2. The Bertz CT molecular complexity index is 228. The molecular weight excluding hydrogens is 168 g/mol. The van der Waals surface area contributed by atoms with Crippen molar-refractivity contribution >= 4 is 5.91 Å². The summed E-state index contributed by atoms with van der Waals surface area (Å²) in [6, 6.07) is 2.05. The van der Waals surface area contributed by atoms with Crippen molar-refractivity contribution in [3.63, 3.8) is 0 Å². The van der Waals surface area contributed by atoms with E-state index in [9.17, 15) is 4.79 Å². The maximum absolute atomic E-state index is 11.3. The van der Waals surface area contributed by atoms with E-state index in [1.165, 1.54) is 0 Å². The van der Waals surface area contributed by atoms with Crippen LogP contribution < -0.4 is 5.32 Å². The van der Waals surface area contributed by atoms with Crippen molar-refractivity contribution in [3.05, 3.63) is 0 Å². The second-order valence-corrected chi connectivity index (χ2v) is 3.30. The van der Waals surface area contributed by atoms with Gasteiger partial charge in [0.1, 0.15) is 5.41 Å². The summed E-state index contributed by atoms with van der Waals surface area (Å²) in [6.07, 6.45) is 2.21. The van der Waals surface area contributed by atoms with Gasteiger partial charge >= 0.3 is 0 Å². The van der Waals surface area contributed by atoms with Crippen LogP contribution in [0.25, 0.3) is 0 Å². The minimum absolute atomic E-state index is 0.119. The van der Waals surface area contributed by atoms with Crippen molar-refractivity contribution in [2.24, 2.45) is 5.41 Å². The van der Waals surface area contributed by atoms with Gasteiger partial charge in [0, 0.05) is 20.3 Å². The first kappa shape index (κ1) is 10.0. The molecule has 0 bridgehead atoms. The van der Waals surface area contributed by atoms with Crippen LogP contribution in [-0.4, -0.2) is 26.2 Å². The molecule has 0 aromatic carbocycles. The largest absolute Gasteiger partial charge is 0.385 e. The van der Waals surface area contributed by atoms with Crippen LogP contribution in [0, 0.1) is 16.7 Å². The maximum atomic E-state index is 11.3. The number of hydrogen-bond donors (Lipinski definition) is 1. The van der Waals surface area contributed by atoms with E-state index in [1.54, 1.807) is 7.11 Å². The fraction of sp³-hybridized carbons (Fsp3) is 0.778. The van der Waals surface area contributed by atoms with E-state index in [0.717, 1.165) is 6.42 Å². The number of nitriles is 1. The third kappa shape index (κ3) is 2.43. The second-order valence-electron chi connectivity index (χ2n) is 3.30. The Morgan fingerprint density at radius 2 is 2.38 bits per heavy atom. The zero-order valence-electron chi connectivity index (χ0n) is 7.80. The zero-order chi connectivity index (χ0) is 9.73. The van der Waals surface area contributed by atoms with Crippen LogP contribution in [0.5, 0.6) is 0 Å². The molecule has 4 heteroatoms. The number of hydrogen-bond acceptors (Lipinski definition) is 3. The van der Waals surface area contributed by atoms with Crippen molar-refractivity contribution in [2.45, 2.75) is 19.3 Å². The van der Waals surface area contributed by atoms with Gasteiger partial charge in [0.2, 0.25) is 5.91 Å². The van der Waals surface area contributed by atoms with Crippen molar-refractivity contribution in [1.82, 2.24) is 5.32 Å². The number of ether oxygens (including phenoxy) is 1. The van der Waals surface area contributed by atoms with E-state index in [4.69, 9.17) is 10.00 Å². The van der Waals surface area contributed by atoms with Gasteiger partial charge in [-0.1, -0.05) is 0 Å². The summed E-state index contributed by atoms with van der Waals surface area (Å²) >= 11 is 0. The Morgan fingerprint density at radius 1 is 1.69 bits per heavy atom. The molecule has 0 spiro atoms. The molecule has 1 aliphatic carbocycles. The van der Waals surface area contributed by atoms with Gasteiger partial charge < -0.3 is 10.1 Å². The Kier molecular flexibility index (Phi) is 3.26. The quantitative estimate of drug-likeness (QED) is 0.628. The molecule has 0 unspecified atom stereocenters. The molecule has 72 valence electrons. The average molecular weight is 182 g/mol. The van der Waals surface area contributed by atoms with Gasteiger partial charge in [-0.2, -0.15) is 5.26 Å². The average Bonchev–Trinajstić information content (AvgIpc) is 2.93. The molecule has 1 amide bonds. The summed E-state index contributed by atoms with van der Waals surface area (Å²) in [4.78, 5) is 11.3. The van der Waals surface area contributed by atoms with Crippen LogP contribution in [0.2, 0.25) is 0 Å². The molecule has 1 rings (SSSR count). The SMILES string of the molecule is COCCCNC(=O)C1(C#N)CC1. The van der Waals surface area contributed by atoms with Crippen LogP contribution in [0.4, 0.5) is 0 Å². The lowest BCUT2D eigenvalue weighted by molar-refractivity contribution is -0.124. The predicted octanol–water partition coefficient (Wildman–Crippen LogP) is 0.443. The Labute approximate surface area is 77.9 Å². The summed E-state index contributed by atoms with van der Waals surface area (Å²) in [5.74, 6) is -0.119. The van der Waals surface area contributed by atoms with Gasteiger partial charge in [-0.3, -0.25) is 4.79 Å². The van der Waals surface area contributed by atoms with E-state index >= 15 is 0 Å². The number of nitrogens with one attached hydrogen (secondary N) is 1. The summed E-state index contributed by atoms with van der Waals surface area (Å²) in [5.41, 5.74) is -0.687. The molecule has 0 aromatic heterocycles. The normalized spacial score (nSPS) is 17.5. The Morgan fingerprint density at radius 3 is 2.85 bits per heavy atom. The first-order chi connectivity index (χ1) is 6.25. The second kappa shape index (κ2) is 4.24. The number of nitrogens with zero attached hydrogens (tertiary/aromatic N) is 1. The van der Waals surface area contributed by atoms with E-state index in [0.29, 0.717) is 26.0 Å². The molecule has 13 heavy (non-hydrogen) atoms. The lowest BCUT2D eigenvalue weighted by Crippen LogP contribution is -2.32. The van der Waals surface area contributed by atoms with E-state index in [-0.39, 0.29) is 5.91 Å². The lowest BCUT2D eigenvalue weighted by Gasteiger charge is -2.06. The van der Waals surface area contributed by atoms with Gasteiger partial charge in [0.15, 0.2) is 0 Å². The van der Waals surface area contributed by atoms with Crippen LogP contribution in [0.1, 0.15) is 19.3 Å². The standard InChI is InChI=1S/C9H14N2O2/c1-13-6-2-5-11-8(12)9(7-10)3-4-9/h2-6H2,1H3,(H,11,12). The first-order valence-electron chi connectivity index (χ1n) is 4.44. The highest BCUT2D eigenvalue weighted by atomic mass is 16.5. The summed E-state index contributed by atoms with van der Waals surface area (Å²) in [7, 11) is 1.62. The summed E-state index contributed by atoms with van der Waals surface area (Å²) in [6.45, 7) is 1.23. The first-order valence-corrected chi connectivity index (χ1v) is 4.44. The van der Waals surface area contributed by atoms with Gasteiger partial charge in [-0.25, -0.2) is 0 Å². The Balaban J connectivity index is 2.16. The number of methoxy groups -OCH3 is 1. The third-order valence-electron chi connectivity index (χ3n) is 2.21. The van der Waals surface area contributed by atoms with Crippen molar-refractivity contribution in [3.8, 4) is 6.07 Å². The molecule has 0 heterocycles. The van der Waals surface area contributed by atoms with Crippen molar-refractivity contribution < 1.29 is 9.53 Å². The highest BCUT2D eigenvalue weighted by Gasteiger charge is 2.50. The number of carbonyl (C=O) groups excluding carboxylic acids is 1. The van der Waals surface area contributed by atoms with Crippen molar-refractivity contribution in [2.75, 3.05) is 20.3 Å². The van der Waals surface area contributed by atoms with Crippen LogP contribution in [0.15, 0.2) is 0 Å². The fourth-order valence-corrected chi connectivity index (χ4v) is 1.10. The lowest BCUT2D eigenvalue weighted by atomic mass is 10.1. The Hall–Kier alpha value is -1.08. The number of amides is 1. The predicted molar refractivity (Wildman–Crippen MR) is 46.8 cm³/mol. The van der Waals surface area contributed by atoms with E-state index in [2.05, 4.69) is 5.32 Å². The monoisotopic (exact) mass is 182 g/mol. The molecule has 1 aliphatic rings. The van der Waals surface area contributed by atoms with Gasteiger partial charge in [0.25, 0.3) is 0 Å². The minimum Gasteiger partial charge on any atom is -0.385 e. The molecule has 0 atom stereocenters. The van der Waals surface area contributed by atoms with Gasteiger partial charge in [-0.15, -0.1) is 0 Å². The topological polar surface area (TPSA) is 62.1 Å². The van der Waals surface area contributed by atoms with Crippen LogP contribution >= 0.6 is 0 Å². The number of rotatable bonds is 5. The van der Waals surface area contributed by atoms with Gasteiger partial charge in [-0.05, 0) is 19.3 Å². The van der Waals surface area contributed by atoms with E-state index < -0.39 is 5.41 Å². The number of carbonyl (C=O) groups is 1. The zero-order valence-corrected chi connectivity index (χ0v) is 7.80. The van der Waals surface area contributed by atoms with Crippen molar-refractivity contribution in [1.29, 1.82) is 5.26 Å². The molecule has 4 nitrogen and oxygen atoms in total. The highest BCUT2D eigenvalue weighted by Crippen LogP contribution is 2.44. The molecule has 0 aliphatic heterocycles. The third-order valence-corrected chi connectivity index (χ3v) is 2.21. The molecule has 1 fully saturated rings. The summed E-state index contributed by atoms with van der Waals surface area (Å²) in [5, 5.41) is 11.4.